The van der Waals surface area contributed by atoms with Crippen molar-refractivity contribution in [2.75, 3.05) is 13.1 Å². The number of hydrazone groups is 1. The van der Waals surface area contributed by atoms with E-state index in [4.69, 9.17) is 23.3 Å². The average molecular weight is 320 g/mol. The number of amidine groups is 1. The van der Waals surface area contributed by atoms with Crippen molar-refractivity contribution in [1.82, 2.24) is 10.7 Å². The SMILES string of the molecule is N/N=C(/NN)C1=C(C(=O)c2ccc(C3CCNC3)c(Cl)c2)C1. The minimum Gasteiger partial charge on any atom is -0.321 e. The third-order valence-corrected chi connectivity index (χ3v) is 4.51. The van der Waals surface area contributed by atoms with Gasteiger partial charge in [0.2, 0.25) is 0 Å². The number of carbonyl (C=O) groups excluding carboxylic acids is 1. The lowest BCUT2D eigenvalue weighted by atomic mass is 9.96. The first-order valence-corrected chi connectivity index (χ1v) is 7.55. The minimum atomic E-state index is -0.0515. The fourth-order valence-corrected chi connectivity index (χ4v) is 3.21. The lowest BCUT2D eigenvalue weighted by Gasteiger charge is -2.11. The molecule has 116 valence electrons. The van der Waals surface area contributed by atoms with Crippen molar-refractivity contribution in [2.24, 2.45) is 16.8 Å². The number of allylic oxidation sites excluding steroid dienone is 1. The highest BCUT2D eigenvalue weighted by Crippen LogP contribution is 2.36. The molecule has 1 aliphatic carbocycles. The molecule has 3 rings (SSSR count). The lowest BCUT2D eigenvalue weighted by molar-refractivity contribution is 0.103. The number of nitrogens with two attached hydrogens (primary N) is 2. The molecular formula is C15H18ClN5O. The second-order valence-electron chi connectivity index (χ2n) is 5.51. The maximum Gasteiger partial charge on any atom is 0.189 e. The number of hydrogen-bond acceptors (Lipinski definition) is 5. The number of rotatable bonds is 4. The van der Waals surface area contributed by atoms with Crippen molar-refractivity contribution in [3.05, 3.63) is 45.5 Å². The van der Waals surface area contributed by atoms with Crippen LogP contribution in [0.1, 0.15) is 34.7 Å². The van der Waals surface area contributed by atoms with Crippen LogP contribution < -0.4 is 22.4 Å². The van der Waals surface area contributed by atoms with Gasteiger partial charge in [-0.25, -0.2) is 5.84 Å². The fraction of sp³-hybridized carbons (Fsp3) is 0.333. The van der Waals surface area contributed by atoms with Crippen molar-refractivity contribution >= 4 is 23.2 Å². The summed E-state index contributed by atoms with van der Waals surface area (Å²) >= 11 is 6.36. The van der Waals surface area contributed by atoms with Gasteiger partial charge in [0, 0.05) is 34.7 Å². The highest BCUT2D eigenvalue weighted by molar-refractivity contribution is 6.32. The zero-order valence-corrected chi connectivity index (χ0v) is 12.8. The summed E-state index contributed by atoms with van der Waals surface area (Å²) in [6, 6.07) is 5.53. The van der Waals surface area contributed by atoms with E-state index < -0.39 is 0 Å². The molecule has 1 aromatic rings. The van der Waals surface area contributed by atoms with Gasteiger partial charge in [0.25, 0.3) is 0 Å². The van der Waals surface area contributed by atoms with E-state index in [0.29, 0.717) is 34.3 Å². The number of hydrazine groups is 1. The molecule has 6 nitrogen and oxygen atoms in total. The summed E-state index contributed by atoms with van der Waals surface area (Å²) in [6.07, 6.45) is 1.62. The van der Waals surface area contributed by atoms with Gasteiger partial charge >= 0.3 is 0 Å². The Kier molecular flexibility index (Phi) is 4.15. The highest BCUT2D eigenvalue weighted by Gasteiger charge is 2.32. The lowest BCUT2D eigenvalue weighted by Crippen LogP contribution is -2.30. The molecule has 0 aromatic heterocycles. The molecular weight excluding hydrogens is 302 g/mol. The van der Waals surface area contributed by atoms with Gasteiger partial charge in [0.15, 0.2) is 11.6 Å². The zero-order chi connectivity index (χ0) is 15.7. The first kappa shape index (κ1) is 15.0. The van der Waals surface area contributed by atoms with Crippen molar-refractivity contribution < 1.29 is 4.79 Å². The summed E-state index contributed by atoms with van der Waals surface area (Å²) in [6.45, 7) is 1.94. The van der Waals surface area contributed by atoms with Crippen LogP contribution >= 0.6 is 11.6 Å². The summed E-state index contributed by atoms with van der Waals surface area (Å²) in [7, 11) is 0. The Labute approximate surface area is 133 Å². The second kappa shape index (κ2) is 6.08. The number of nitrogens with one attached hydrogen (secondary N) is 2. The maximum absolute atomic E-state index is 12.4. The van der Waals surface area contributed by atoms with Gasteiger partial charge in [-0.1, -0.05) is 23.7 Å². The molecule has 6 N–H and O–H groups in total. The van der Waals surface area contributed by atoms with Gasteiger partial charge in [-0.15, -0.1) is 0 Å². The monoisotopic (exact) mass is 319 g/mol. The molecule has 1 fully saturated rings. The van der Waals surface area contributed by atoms with E-state index in [0.717, 1.165) is 30.6 Å². The fourth-order valence-electron chi connectivity index (χ4n) is 2.87. The van der Waals surface area contributed by atoms with Gasteiger partial charge in [0.1, 0.15) is 0 Å². The quantitative estimate of drug-likeness (QED) is 0.218. The minimum absolute atomic E-state index is 0.0515. The van der Waals surface area contributed by atoms with Crippen LogP contribution in [-0.2, 0) is 0 Å². The molecule has 22 heavy (non-hydrogen) atoms. The van der Waals surface area contributed by atoms with E-state index in [1.54, 1.807) is 6.07 Å². The van der Waals surface area contributed by atoms with Crippen LogP contribution in [-0.4, -0.2) is 24.7 Å². The molecule has 7 heteroatoms. The normalized spacial score (nSPS) is 21.2. The zero-order valence-electron chi connectivity index (χ0n) is 12.0. The number of halogens is 1. The van der Waals surface area contributed by atoms with Crippen molar-refractivity contribution in [3.8, 4) is 0 Å². The van der Waals surface area contributed by atoms with E-state index in [1.807, 2.05) is 12.1 Å². The average Bonchev–Trinajstić information content (AvgIpc) is 3.11. The number of ketones is 1. The summed E-state index contributed by atoms with van der Waals surface area (Å²) in [5.41, 5.74) is 5.50. The summed E-state index contributed by atoms with van der Waals surface area (Å²) < 4.78 is 0. The second-order valence-corrected chi connectivity index (χ2v) is 5.92. The number of benzene rings is 1. The largest absolute Gasteiger partial charge is 0.321 e. The Hall–Kier alpha value is -1.89. The summed E-state index contributed by atoms with van der Waals surface area (Å²) in [5, 5.41) is 7.48. The van der Waals surface area contributed by atoms with Gasteiger partial charge in [-0.2, -0.15) is 5.10 Å². The number of Topliss-reactive ketones (excluding diaryl/α,β-unsaturated/α-hetero) is 1. The highest BCUT2D eigenvalue weighted by atomic mass is 35.5. The van der Waals surface area contributed by atoms with Crippen LogP contribution in [0.3, 0.4) is 0 Å². The Balaban J connectivity index is 1.81. The van der Waals surface area contributed by atoms with E-state index >= 15 is 0 Å². The van der Waals surface area contributed by atoms with Crippen molar-refractivity contribution in [3.63, 3.8) is 0 Å². The maximum atomic E-state index is 12.4. The van der Waals surface area contributed by atoms with Gasteiger partial charge in [-0.05, 0) is 30.5 Å². The third-order valence-electron chi connectivity index (χ3n) is 4.18. The third kappa shape index (κ3) is 2.72. The Morgan fingerprint density at radius 1 is 1.41 bits per heavy atom. The summed E-state index contributed by atoms with van der Waals surface area (Å²) in [4.78, 5) is 12.4. The van der Waals surface area contributed by atoms with E-state index in [2.05, 4.69) is 15.8 Å². The molecule has 0 spiro atoms. The van der Waals surface area contributed by atoms with Crippen LogP contribution in [0.5, 0.6) is 0 Å². The van der Waals surface area contributed by atoms with Crippen molar-refractivity contribution in [1.29, 1.82) is 0 Å². The molecule has 0 radical (unpaired) electrons. The molecule has 1 atom stereocenters. The van der Waals surface area contributed by atoms with Crippen LogP contribution in [0.4, 0.5) is 0 Å². The van der Waals surface area contributed by atoms with Gasteiger partial charge < -0.3 is 16.6 Å². The summed E-state index contributed by atoms with van der Waals surface area (Å²) in [5.74, 6) is 11.2. The molecule has 1 saturated heterocycles. The van der Waals surface area contributed by atoms with Crippen LogP contribution in [0.15, 0.2) is 34.4 Å². The number of nitrogens with zero attached hydrogens (tertiary/aromatic N) is 1. The van der Waals surface area contributed by atoms with Gasteiger partial charge in [0.05, 0.1) is 0 Å². The first-order chi connectivity index (χ1) is 10.7. The topological polar surface area (TPSA) is 106 Å². The molecule has 2 aliphatic rings. The van der Waals surface area contributed by atoms with Crippen LogP contribution in [0.25, 0.3) is 0 Å². The molecule has 0 bridgehead atoms. The van der Waals surface area contributed by atoms with E-state index in [-0.39, 0.29) is 5.78 Å². The molecule has 0 amide bonds. The van der Waals surface area contributed by atoms with E-state index in [1.165, 1.54) is 0 Å². The number of carbonyl (C=O) groups is 1. The van der Waals surface area contributed by atoms with Gasteiger partial charge in [-0.3, -0.25) is 4.79 Å². The molecule has 1 aromatic carbocycles. The Bertz CT molecular complexity index is 677. The van der Waals surface area contributed by atoms with E-state index in [9.17, 15) is 4.79 Å². The van der Waals surface area contributed by atoms with Crippen LogP contribution in [0, 0.1) is 0 Å². The number of hydrogen-bond donors (Lipinski definition) is 4. The van der Waals surface area contributed by atoms with Crippen LogP contribution in [0.2, 0.25) is 5.02 Å². The molecule has 0 saturated carbocycles. The van der Waals surface area contributed by atoms with Crippen molar-refractivity contribution in [2.45, 2.75) is 18.8 Å². The first-order valence-electron chi connectivity index (χ1n) is 7.17. The Morgan fingerprint density at radius 2 is 2.23 bits per heavy atom. The standard InChI is InChI=1S/C15H18ClN5O/c16-13-5-8(1-2-10(13)9-3-4-19-7-9)14(22)11-6-12(11)15(20-17)21-18/h1-2,5,9,19H,3-4,6-7,17-18H2,(H,20,21). The smallest absolute Gasteiger partial charge is 0.189 e. The predicted octanol–water partition coefficient (Wildman–Crippen LogP) is 1.04. The molecule has 1 aliphatic heterocycles. The Morgan fingerprint density at radius 3 is 2.82 bits per heavy atom. The molecule has 1 heterocycles. The molecule has 1 unspecified atom stereocenters. The predicted molar refractivity (Wildman–Crippen MR) is 86.6 cm³/mol.